The third-order valence-corrected chi connectivity index (χ3v) is 5.79. The smallest absolute Gasteiger partial charge is 0.254 e. The fourth-order valence-corrected chi connectivity index (χ4v) is 4.01. The van der Waals surface area contributed by atoms with E-state index in [1.54, 1.807) is 0 Å². The van der Waals surface area contributed by atoms with Crippen LogP contribution in [0.1, 0.15) is 35.2 Å². The molecule has 0 N–H and O–H groups in total. The number of carbonyl (C=O) groups is 1. The van der Waals surface area contributed by atoms with E-state index in [1.165, 1.54) is 12.8 Å². The summed E-state index contributed by atoms with van der Waals surface area (Å²) in [6.45, 7) is 6.15. The van der Waals surface area contributed by atoms with Gasteiger partial charge in [-0.3, -0.25) is 4.79 Å². The van der Waals surface area contributed by atoms with Crippen molar-refractivity contribution in [1.29, 1.82) is 0 Å². The molecule has 24 heavy (non-hydrogen) atoms. The van der Waals surface area contributed by atoms with Crippen molar-refractivity contribution < 1.29 is 14.3 Å². The number of ether oxygens (including phenoxy) is 2. The van der Waals surface area contributed by atoms with Crippen molar-refractivity contribution in [3.63, 3.8) is 0 Å². The summed E-state index contributed by atoms with van der Waals surface area (Å²) in [5.41, 5.74) is 1.87. The van der Waals surface area contributed by atoms with Gasteiger partial charge in [-0.25, -0.2) is 0 Å². The van der Waals surface area contributed by atoms with Crippen LogP contribution in [0.3, 0.4) is 0 Å². The first-order chi connectivity index (χ1) is 11.7. The fourth-order valence-electron chi connectivity index (χ4n) is 4.01. The highest BCUT2D eigenvalue weighted by Crippen LogP contribution is 2.36. The van der Waals surface area contributed by atoms with Crippen molar-refractivity contribution in [3.8, 4) is 0 Å². The highest BCUT2D eigenvalue weighted by Gasteiger charge is 2.45. The van der Waals surface area contributed by atoms with Gasteiger partial charge < -0.3 is 14.4 Å². The molecule has 1 amide bonds. The van der Waals surface area contributed by atoms with E-state index in [0.717, 1.165) is 56.4 Å². The lowest BCUT2D eigenvalue weighted by molar-refractivity contribution is 0.0651. The summed E-state index contributed by atoms with van der Waals surface area (Å²) in [6.07, 6.45) is 3.95. The third-order valence-electron chi connectivity index (χ3n) is 5.79. The lowest BCUT2D eigenvalue weighted by Crippen LogP contribution is -2.31. The van der Waals surface area contributed by atoms with Crippen LogP contribution in [0.15, 0.2) is 24.3 Å². The molecule has 1 aliphatic carbocycles. The monoisotopic (exact) mass is 329 g/mol. The lowest BCUT2D eigenvalue weighted by Gasteiger charge is -2.20. The zero-order valence-corrected chi connectivity index (χ0v) is 14.4. The molecule has 2 aliphatic heterocycles. The Morgan fingerprint density at radius 2 is 2.12 bits per heavy atom. The summed E-state index contributed by atoms with van der Waals surface area (Å²) in [5, 5.41) is 0. The number of benzene rings is 1. The average Bonchev–Trinajstić information content (AvgIpc) is 3.19. The number of hydrogen-bond donors (Lipinski definition) is 0. The summed E-state index contributed by atoms with van der Waals surface area (Å²) in [7, 11) is 0. The minimum absolute atomic E-state index is 0.148. The average molecular weight is 329 g/mol. The summed E-state index contributed by atoms with van der Waals surface area (Å²) in [5.74, 6) is 1.98. The van der Waals surface area contributed by atoms with Crippen LogP contribution in [0.25, 0.3) is 0 Å². The fraction of sp³-hybridized carbons (Fsp3) is 0.650. The molecule has 0 bridgehead atoms. The number of amides is 1. The quantitative estimate of drug-likeness (QED) is 0.753. The Balaban J connectivity index is 1.31. The minimum Gasteiger partial charge on any atom is -0.381 e. The van der Waals surface area contributed by atoms with Crippen LogP contribution in [-0.2, 0) is 9.47 Å². The first-order valence-corrected chi connectivity index (χ1v) is 9.26. The van der Waals surface area contributed by atoms with E-state index >= 15 is 0 Å². The molecule has 2 heterocycles. The van der Waals surface area contributed by atoms with Gasteiger partial charge in [0.15, 0.2) is 0 Å². The van der Waals surface area contributed by atoms with Crippen molar-refractivity contribution in [3.05, 3.63) is 35.4 Å². The Hall–Kier alpha value is -1.39. The predicted octanol–water partition coefficient (Wildman–Crippen LogP) is 2.90. The molecule has 1 aromatic carbocycles. The number of aryl methyl sites for hydroxylation is 1. The summed E-state index contributed by atoms with van der Waals surface area (Å²) >= 11 is 0. The van der Waals surface area contributed by atoms with E-state index in [9.17, 15) is 4.79 Å². The summed E-state index contributed by atoms with van der Waals surface area (Å²) in [6, 6.07) is 7.84. The maximum atomic E-state index is 12.8. The van der Waals surface area contributed by atoms with Gasteiger partial charge >= 0.3 is 0 Å². The van der Waals surface area contributed by atoms with Gasteiger partial charge in [0.1, 0.15) is 0 Å². The molecular weight excluding hydrogens is 302 g/mol. The Kier molecular flexibility index (Phi) is 4.59. The second kappa shape index (κ2) is 6.85. The first kappa shape index (κ1) is 16.1. The Morgan fingerprint density at radius 1 is 1.29 bits per heavy atom. The zero-order chi connectivity index (χ0) is 16.5. The number of rotatable bonds is 6. The van der Waals surface area contributed by atoms with E-state index < -0.39 is 0 Å². The van der Waals surface area contributed by atoms with Crippen molar-refractivity contribution in [2.75, 3.05) is 32.9 Å². The van der Waals surface area contributed by atoms with Gasteiger partial charge in [-0.1, -0.05) is 18.2 Å². The molecule has 3 fully saturated rings. The van der Waals surface area contributed by atoms with Crippen LogP contribution in [0.4, 0.5) is 0 Å². The van der Waals surface area contributed by atoms with E-state index in [0.29, 0.717) is 11.8 Å². The van der Waals surface area contributed by atoms with Gasteiger partial charge in [0.25, 0.3) is 5.91 Å². The normalized spacial score (nSPS) is 29.0. The summed E-state index contributed by atoms with van der Waals surface area (Å²) < 4.78 is 11.8. The molecule has 2 saturated heterocycles. The third kappa shape index (κ3) is 3.35. The number of fused-ring (bicyclic) bond motifs is 1. The minimum atomic E-state index is 0.148. The van der Waals surface area contributed by atoms with Gasteiger partial charge in [0.2, 0.25) is 0 Å². The van der Waals surface area contributed by atoms with E-state index in [-0.39, 0.29) is 12.0 Å². The van der Waals surface area contributed by atoms with E-state index in [1.807, 2.05) is 36.1 Å². The molecule has 0 unspecified atom stereocenters. The van der Waals surface area contributed by atoms with Crippen LogP contribution < -0.4 is 0 Å². The molecule has 3 atom stereocenters. The van der Waals surface area contributed by atoms with Crippen LogP contribution in [0.5, 0.6) is 0 Å². The topological polar surface area (TPSA) is 38.8 Å². The van der Waals surface area contributed by atoms with Crippen molar-refractivity contribution in [2.24, 2.45) is 17.8 Å². The second-order valence-corrected chi connectivity index (χ2v) is 7.63. The standard InChI is InChI=1S/C20H27NO3/c1-14-4-2-3-5-17(14)20(22)21-10-18-16(13-24-19(18)11-21)8-9-23-12-15-6-7-15/h2-5,15-16,18-19H,6-13H2,1H3/t16-,18-,19-/m1/s1. The Bertz CT molecular complexity index is 598. The number of carbonyl (C=O) groups excluding carboxylic acids is 1. The Morgan fingerprint density at radius 3 is 2.92 bits per heavy atom. The molecule has 1 aromatic rings. The van der Waals surface area contributed by atoms with Crippen LogP contribution >= 0.6 is 0 Å². The number of likely N-dealkylation sites (tertiary alicyclic amines) is 1. The SMILES string of the molecule is Cc1ccccc1C(=O)N1C[C@@H]2[C@H](CCOCC3CC3)CO[C@@H]2C1. The van der Waals surface area contributed by atoms with Gasteiger partial charge in [-0.2, -0.15) is 0 Å². The maximum Gasteiger partial charge on any atom is 0.254 e. The molecule has 3 aliphatic rings. The zero-order valence-electron chi connectivity index (χ0n) is 14.4. The molecule has 0 spiro atoms. The first-order valence-electron chi connectivity index (χ1n) is 9.26. The summed E-state index contributed by atoms with van der Waals surface area (Å²) in [4.78, 5) is 14.8. The Labute approximate surface area is 144 Å². The molecule has 1 saturated carbocycles. The van der Waals surface area contributed by atoms with Gasteiger partial charge in [-0.05, 0) is 49.7 Å². The van der Waals surface area contributed by atoms with Gasteiger partial charge in [0.05, 0.1) is 12.7 Å². The van der Waals surface area contributed by atoms with Crippen LogP contribution in [0, 0.1) is 24.7 Å². The molecule has 0 aromatic heterocycles. The highest BCUT2D eigenvalue weighted by atomic mass is 16.5. The molecule has 4 heteroatoms. The molecular formula is C20H27NO3. The largest absolute Gasteiger partial charge is 0.381 e. The second-order valence-electron chi connectivity index (χ2n) is 7.63. The molecule has 130 valence electrons. The predicted molar refractivity (Wildman–Crippen MR) is 92.0 cm³/mol. The number of hydrogen-bond acceptors (Lipinski definition) is 3. The van der Waals surface area contributed by atoms with Gasteiger partial charge in [0, 0.05) is 37.8 Å². The van der Waals surface area contributed by atoms with E-state index in [4.69, 9.17) is 9.47 Å². The number of nitrogens with zero attached hydrogens (tertiary/aromatic N) is 1. The van der Waals surface area contributed by atoms with Crippen LogP contribution in [0.2, 0.25) is 0 Å². The maximum absolute atomic E-state index is 12.8. The van der Waals surface area contributed by atoms with Gasteiger partial charge in [-0.15, -0.1) is 0 Å². The van der Waals surface area contributed by atoms with Crippen LogP contribution in [-0.4, -0.2) is 49.8 Å². The van der Waals surface area contributed by atoms with E-state index in [2.05, 4.69) is 0 Å². The van der Waals surface area contributed by atoms with Crippen molar-refractivity contribution >= 4 is 5.91 Å². The molecule has 0 radical (unpaired) electrons. The van der Waals surface area contributed by atoms with Crippen molar-refractivity contribution in [2.45, 2.75) is 32.3 Å². The lowest BCUT2D eigenvalue weighted by atomic mass is 9.91. The molecule has 4 nitrogen and oxygen atoms in total. The molecule has 4 rings (SSSR count). The van der Waals surface area contributed by atoms with Crippen molar-refractivity contribution in [1.82, 2.24) is 4.90 Å². The highest BCUT2D eigenvalue weighted by molar-refractivity contribution is 5.95.